The third-order valence-electron chi connectivity index (χ3n) is 2.34. The summed E-state index contributed by atoms with van der Waals surface area (Å²) in [5.74, 6) is -1.10. The van der Waals surface area contributed by atoms with Crippen LogP contribution in [0.3, 0.4) is 0 Å². The number of hydrazine groups is 1. The monoisotopic (exact) mass is 335 g/mol. The molecule has 0 atom stereocenters. The van der Waals surface area contributed by atoms with Gasteiger partial charge in [-0.2, -0.15) is 0 Å². The topological polar surface area (TPSA) is 110 Å². The van der Waals surface area contributed by atoms with E-state index in [0.717, 1.165) is 4.47 Å². The van der Waals surface area contributed by atoms with E-state index in [4.69, 9.17) is 5.73 Å². The molecule has 8 heteroatoms. The molecule has 0 bridgehead atoms. The number of nitrogens with one attached hydrogen (secondary N) is 2. The molecule has 7 nitrogen and oxygen atoms in total. The van der Waals surface area contributed by atoms with Crippen LogP contribution in [0.2, 0.25) is 0 Å². The van der Waals surface area contributed by atoms with Gasteiger partial charge in [0.15, 0.2) is 11.5 Å². The number of nitrogen functional groups attached to an aromatic ring is 1. The number of hydrogen-bond donors (Lipinski definition) is 3. The summed E-state index contributed by atoms with van der Waals surface area (Å²) in [6, 6.07) is 6.67. The highest BCUT2D eigenvalue weighted by Crippen LogP contribution is 2.10. The molecule has 1 aromatic carbocycles. The summed E-state index contributed by atoms with van der Waals surface area (Å²) in [5.41, 5.74) is 10.3. The highest BCUT2D eigenvalue weighted by atomic mass is 79.9. The second-order valence-corrected chi connectivity index (χ2v) is 4.62. The highest BCUT2D eigenvalue weighted by Gasteiger charge is 2.13. The summed E-state index contributed by atoms with van der Waals surface area (Å²) < 4.78 is 0.852. The van der Waals surface area contributed by atoms with Gasteiger partial charge in [0.05, 0.1) is 0 Å². The Morgan fingerprint density at radius 2 is 1.60 bits per heavy atom. The number of nitrogens with two attached hydrogens (primary N) is 1. The summed E-state index contributed by atoms with van der Waals surface area (Å²) in [6.07, 6.45) is 2.70. The standard InChI is InChI=1S/C12H10BrN5O2/c13-8-3-1-7(2-4-8)11(19)17-18-12(20)9-10(14)16-6-5-15-9/h1-6H,(H2,14,16)(H,17,19)(H,18,20). The number of hydrogen-bond acceptors (Lipinski definition) is 5. The number of carbonyl (C=O) groups excluding carboxylic acids is 2. The number of amides is 2. The van der Waals surface area contributed by atoms with E-state index in [9.17, 15) is 9.59 Å². The highest BCUT2D eigenvalue weighted by molar-refractivity contribution is 9.10. The lowest BCUT2D eigenvalue weighted by atomic mass is 10.2. The lowest BCUT2D eigenvalue weighted by Gasteiger charge is -2.07. The van der Waals surface area contributed by atoms with Crippen LogP contribution in [0.4, 0.5) is 5.82 Å². The van der Waals surface area contributed by atoms with Crippen molar-refractivity contribution in [3.05, 3.63) is 52.4 Å². The van der Waals surface area contributed by atoms with Crippen LogP contribution < -0.4 is 16.6 Å². The number of benzene rings is 1. The smallest absolute Gasteiger partial charge is 0.292 e. The summed E-state index contributed by atoms with van der Waals surface area (Å²) in [4.78, 5) is 31.0. The quantitative estimate of drug-likeness (QED) is 0.706. The van der Waals surface area contributed by atoms with Crippen LogP contribution in [-0.2, 0) is 0 Å². The first-order valence-electron chi connectivity index (χ1n) is 5.50. The van der Waals surface area contributed by atoms with Gasteiger partial charge in [0.1, 0.15) is 0 Å². The normalized spacial score (nSPS) is 9.85. The van der Waals surface area contributed by atoms with Crippen molar-refractivity contribution in [2.45, 2.75) is 0 Å². The molecule has 1 heterocycles. The van der Waals surface area contributed by atoms with Gasteiger partial charge < -0.3 is 5.73 Å². The first-order chi connectivity index (χ1) is 9.58. The first kappa shape index (κ1) is 13.9. The van der Waals surface area contributed by atoms with E-state index in [-0.39, 0.29) is 11.5 Å². The first-order valence-corrected chi connectivity index (χ1v) is 6.30. The number of carbonyl (C=O) groups is 2. The van der Waals surface area contributed by atoms with Crippen LogP contribution in [0.25, 0.3) is 0 Å². The summed E-state index contributed by atoms with van der Waals surface area (Å²) >= 11 is 3.26. The van der Waals surface area contributed by atoms with Gasteiger partial charge in [-0.15, -0.1) is 0 Å². The molecule has 0 aliphatic carbocycles. The summed E-state index contributed by atoms with van der Waals surface area (Å²) in [5, 5.41) is 0. The molecule has 0 saturated heterocycles. The van der Waals surface area contributed by atoms with Crippen LogP contribution >= 0.6 is 15.9 Å². The lowest BCUT2D eigenvalue weighted by molar-refractivity contribution is 0.0844. The molecule has 0 unspecified atom stereocenters. The largest absolute Gasteiger partial charge is 0.382 e. The van der Waals surface area contributed by atoms with E-state index >= 15 is 0 Å². The SMILES string of the molecule is Nc1nccnc1C(=O)NNC(=O)c1ccc(Br)cc1. The fraction of sp³-hybridized carbons (Fsp3) is 0. The summed E-state index contributed by atoms with van der Waals surface area (Å²) in [7, 11) is 0. The van der Waals surface area contributed by atoms with E-state index in [0.29, 0.717) is 5.56 Å². The Morgan fingerprint density at radius 3 is 2.25 bits per heavy atom. The van der Waals surface area contributed by atoms with Crippen molar-refractivity contribution < 1.29 is 9.59 Å². The zero-order chi connectivity index (χ0) is 14.5. The van der Waals surface area contributed by atoms with E-state index in [1.807, 2.05) is 0 Å². The molecule has 4 N–H and O–H groups in total. The Morgan fingerprint density at radius 1 is 1.00 bits per heavy atom. The zero-order valence-electron chi connectivity index (χ0n) is 10.1. The molecule has 0 aliphatic rings. The predicted molar refractivity (Wildman–Crippen MR) is 75.5 cm³/mol. The number of anilines is 1. The molecule has 0 radical (unpaired) electrons. The van der Waals surface area contributed by atoms with Crippen molar-refractivity contribution in [2.24, 2.45) is 0 Å². The third-order valence-corrected chi connectivity index (χ3v) is 2.87. The number of nitrogens with zero attached hydrogens (tertiary/aromatic N) is 2. The van der Waals surface area contributed by atoms with Gasteiger partial charge in [0.2, 0.25) is 0 Å². The predicted octanol–water partition coefficient (Wildman–Crippen LogP) is 0.896. The van der Waals surface area contributed by atoms with Crippen molar-refractivity contribution in [2.75, 3.05) is 5.73 Å². The fourth-order valence-corrected chi connectivity index (χ4v) is 1.63. The molecule has 0 aliphatic heterocycles. The molecule has 0 spiro atoms. The average Bonchev–Trinajstić information content (AvgIpc) is 2.45. The minimum absolute atomic E-state index is 0.0112. The zero-order valence-corrected chi connectivity index (χ0v) is 11.7. The van der Waals surface area contributed by atoms with Crippen LogP contribution in [0, 0.1) is 0 Å². The number of rotatable bonds is 2. The van der Waals surface area contributed by atoms with Gasteiger partial charge in [-0.1, -0.05) is 15.9 Å². The second-order valence-electron chi connectivity index (χ2n) is 3.71. The maximum Gasteiger partial charge on any atom is 0.292 e. The minimum atomic E-state index is -0.638. The van der Waals surface area contributed by atoms with Crippen molar-refractivity contribution in [1.29, 1.82) is 0 Å². The Bertz CT molecular complexity index is 645. The van der Waals surface area contributed by atoms with Crippen molar-refractivity contribution in [3.63, 3.8) is 0 Å². The Balaban J connectivity index is 1.99. The van der Waals surface area contributed by atoms with E-state index in [1.165, 1.54) is 12.4 Å². The Labute approximate surface area is 122 Å². The molecular weight excluding hydrogens is 326 g/mol. The van der Waals surface area contributed by atoms with Gasteiger partial charge in [-0.3, -0.25) is 20.4 Å². The molecular formula is C12H10BrN5O2. The van der Waals surface area contributed by atoms with Crippen molar-refractivity contribution in [3.8, 4) is 0 Å². The summed E-state index contributed by atoms with van der Waals surface area (Å²) in [6.45, 7) is 0. The van der Waals surface area contributed by atoms with Crippen molar-refractivity contribution >= 4 is 33.6 Å². The minimum Gasteiger partial charge on any atom is -0.382 e. The molecule has 2 aromatic rings. The Hall–Kier alpha value is -2.48. The van der Waals surface area contributed by atoms with Crippen LogP contribution in [-0.4, -0.2) is 21.8 Å². The number of aromatic nitrogens is 2. The van der Waals surface area contributed by atoms with Gasteiger partial charge in [-0.25, -0.2) is 9.97 Å². The molecule has 2 amide bonds. The average molecular weight is 336 g/mol. The van der Waals surface area contributed by atoms with Crippen LogP contribution in [0.5, 0.6) is 0 Å². The molecule has 2 rings (SSSR count). The Kier molecular flexibility index (Phi) is 4.26. The van der Waals surface area contributed by atoms with E-state index < -0.39 is 11.8 Å². The lowest BCUT2D eigenvalue weighted by Crippen LogP contribution is -2.42. The van der Waals surface area contributed by atoms with Gasteiger partial charge in [0.25, 0.3) is 11.8 Å². The van der Waals surface area contributed by atoms with Gasteiger partial charge in [0, 0.05) is 22.4 Å². The van der Waals surface area contributed by atoms with Gasteiger partial charge in [-0.05, 0) is 24.3 Å². The maximum atomic E-state index is 11.8. The second kappa shape index (κ2) is 6.11. The molecule has 1 aromatic heterocycles. The third kappa shape index (κ3) is 3.29. The molecule has 0 fully saturated rings. The molecule has 0 saturated carbocycles. The van der Waals surface area contributed by atoms with E-state index in [1.54, 1.807) is 24.3 Å². The van der Waals surface area contributed by atoms with Crippen molar-refractivity contribution in [1.82, 2.24) is 20.8 Å². The van der Waals surface area contributed by atoms with Crippen LogP contribution in [0.15, 0.2) is 41.1 Å². The van der Waals surface area contributed by atoms with E-state index in [2.05, 4.69) is 36.7 Å². The number of halogens is 1. The van der Waals surface area contributed by atoms with Crippen LogP contribution in [0.1, 0.15) is 20.8 Å². The fourth-order valence-electron chi connectivity index (χ4n) is 1.37. The van der Waals surface area contributed by atoms with Gasteiger partial charge >= 0.3 is 0 Å². The maximum absolute atomic E-state index is 11.8. The molecule has 102 valence electrons. The molecule has 20 heavy (non-hydrogen) atoms.